The molecule has 0 aliphatic heterocycles. The fraction of sp³-hybridized carbons (Fsp3) is 0.211. The first-order valence-electron chi connectivity index (χ1n) is 8.49. The minimum absolute atomic E-state index is 0.238. The third-order valence-electron chi connectivity index (χ3n) is 4.33. The minimum Gasteiger partial charge on any atom is -0.464 e. The number of carbonyl (C=O) groups is 1. The van der Waals surface area contributed by atoms with Crippen molar-refractivity contribution in [2.24, 2.45) is 0 Å². The molecule has 0 radical (unpaired) electrons. The molecule has 3 aromatic rings. The van der Waals surface area contributed by atoms with E-state index in [4.69, 9.17) is 9.68 Å². The third-order valence-corrected chi connectivity index (χ3v) is 4.33. The summed E-state index contributed by atoms with van der Waals surface area (Å²) in [6.45, 7) is -0.708. The molecule has 1 amide bonds. The molecule has 0 atom stereocenters. The number of nitriles is 1. The molecule has 162 valence electrons. The highest BCUT2D eigenvalue weighted by atomic mass is 19.4. The molecular formula is C19H12F6N4O2. The topological polar surface area (TPSA) is 82.2 Å². The lowest BCUT2D eigenvalue weighted by Gasteiger charge is -2.19. The number of benzene rings is 1. The highest BCUT2D eigenvalue weighted by molar-refractivity contribution is 5.97. The summed E-state index contributed by atoms with van der Waals surface area (Å²) in [6.07, 6.45) is -8.98. The van der Waals surface area contributed by atoms with E-state index in [1.165, 1.54) is 19.4 Å². The Morgan fingerprint density at radius 3 is 2.48 bits per heavy atom. The second kappa shape index (κ2) is 7.82. The van der Waals surface area contributed by atoms with Gasteiger partial charge in [0, 0.05) is 18.1 Å². The van der Waals surface area contributed by atoms with E-state index in [-0.39, 0.29) is 6.07 Å². The number of rotatable bonds is 4. The summed E-state index contributed by atoms with van der Waals surface area (Å²) in [4.78, 5) is 16.7. The minimum atomic E-state index is -5.23. The van der Waals surface area contributed by atoms with E-state index in [2.05, 4.69) is 10.3 Å². The lowest BCUT2D eigenvalue weighted by Crippen LogP contribution is -2.32. The van der Waals surface area contributed by atoms with Crippen LogP contribution in [0, 0.1) is 11.3 Å². The molecule has 0 bridgehead atoms. The predicted octanol–water partition coefficient (Wildman–Crippen LogP) is 4.81. The quantitative estimate of drug-likeness (QED) is 0.587. The SMILES string of the molecule is CN(C(=O)CNc1nc(C(F)(F)F)cc(C(F)(F)F)c1C#N)c1ccc2occc2c1. The van der Waals surface area contributed by atoms with Gasteiger partial charge in [-0.05, 0) is 30.3 Å². The summed E-state index contributed by atoms with van der Waals surface area (Å²) in [6, 6.07) is 7.38. The van der Waals surface area contributed by atoms with E-state index >= 15 is 0 Å². The number of hydrogen-bond acceptors (Lipinski definition) is 5. The van der Waals surface area contributed by atoms with Crippen LogP contribution in [0.25, 0.3) is 11.0 Å². The number of amides is 1. The van der Waals surface area contributed by atoms with Gasteiger partial charge in [-0.25, -0.2) is 4.98 Å². The number of aromatic nitrogens is 1. The molecule has 31 heavy (non-hydrogen) atoms. The first-order valence-corrected chi connectivity index (χ1v) is 8.49. The zero-order valence-corrected chi connectivity index (χ0v) is 15.6. The van der Waals surface area contributed by atoms with Gasteiger partial charge in [0.15, 0.2) is 0 Å². The van der Waals surface area contributed by atoms with Gasteiger partial charge in [-0.3, -0.25) is 4.79 Å². The van der Waals surface area contributed by atoms with Crippen LogP contribution in [0.2, 0.25) is 0 Å². The van der Waals surface area contributed by atoms with Crippen molar-refractivity contribution in [2.45, 2.75) is 12.4 Å². The van der Waals surface area contributed by atoms with E-state index < -0.39 is 47.4 Å². The van der Waals surface area contributed by atoms with Crippen molar-refractivity contribution < 1.29 is 35.6 Å². The number of pyridine rings is 1. The van der Waals surface area contributed by atoms with Crippen molar-refractivity contribution in [3.05, 3.63) is 53.4 Å². The van der Waals surface area contributed by atoms with Gasteiger partial charge in [0.05, 0.1) is 18.4 Å². The number of nitrogens with zero attached hydrogens (tertiary/aromatic N) is 3. The average Bonchev–Trinajstić information content (AvgIpc) is 3.17. The molecule has 3 rings (SSSR count). The summed E-state index contributed by atoms with van der Waals surface area (Å²) in [5.74, 6) is -1.68. The second-order valence-corrected chi connectivity index (χ2v) is 6.34. The van der Waals surface area contributed by atoms with E-state index in [0.717, 1.165) is 4.90 Å². The van der Waals surface area contributed by atoms with Gasteiger partial charge in [0.2, 0.25) is 5.91 Å². The van der Waals surface area contributed by atoms with Crippen LogP contribution in [-0.4, -0.2) is 24.5 Å². The normalized spacial score (nSPS) is 11.9. The summed E-state index contributed by atoms with van der Waals surface area (Å²) in [7, 11) is 1.37. The Morgan fingerprint density at radius 1 is 1.16 bits per heavy atom. The third kappa shape index (κ3) is 4.55. The molecule has 0 saturated carbocycles. The van der Waals surface area contributed by atoms with Crippen molar-refractivity contribution in [3.8, 4) is 6.07 Å². The van der Waals surface area contributed by atoms with E-state index in [9.17, 15) is 31.1 Å². The van der Waals surface area contributed by atoms with Crippen LogP contribution in [0.1, 0.15) is 16.8 Å². The van der Waals surface area contributed by atoms with Crippen LogP contribution in [0.15, 0.2) is 41.0 Å². The van der Waals surface area contributed by atoms with Crippen molar-refractivity contribution >= 4 is 28.4 Å². The number of carbonyl (C=O) groups excluding carboxylic acids is 1. The molecule has 0 saturated heterocycles. The Kier molecular flexibility index (Phi) is 5.54. The van der Waals surface area contributed by atoms with Gasteiger partial charge < -0.3 is 14.6 Å². The Hall–Kier alpha value is -3.75. The highest BCUT2D eigenvalue weighted by Gasteiger charge is 2.41. The molecule has 1 aromatic carbocycles. The van der Waals surface area contributed by atoms with Gasteiger partial charge >= 0.3 is 12.4 Å². The summed E-state index contributed by atoms with van der Waals surface area (Å²) in [5.41, 5.74) is -3.81. The van der Waals surface area contributed by atoms with Crippen molar-refractivity contribution in [1.82, 2.24) is 4.98 Å². The van der Waals surface area contributed by atoms with E-state index in [1.54, 1.807) is 24.3 Å². The zero-order valence-electron chi connectivity index (χ0n) is 15.6. The fourth-order valence-electron chi connectivity index (χ4n) is 2.74. The lowest BCUT2D eigenvalue weighted by atomic mass is 10.1. The standard InChI is InChI=1S/C19H12F6N4O2/c1-29(11-2-3-14-10(6-11)4-5-31-14)16(30)9-27-17-12(8-26)13(18(20,21)22)7-15(28-17)19(23,24)25/h2-7H,9H2,1H3,(H,27,28). The van der Waals surface area contributed by atoms with Crippen molar-refractivity contribution in [2.75, 3.05) is 23.8 Å². The molecule has 2 aromatic heterocycles. The first-order chi connectivity index (χ1) is 14.4. The van der Waals surface area contributed by atoms with Crippen LogP contribution in [0.5, 0.6) is 0 Å². The number of fused-ring (bicyclic) bond motifs is 1. The fourth-order valence-corrected chi connectivity index (χ4v) is 2.74. The van der Waals surface area contributed by atoms with Crippen molar-refractivity contribution in [3.63, 3.8) is 0 Å². The molecule has 0 aliphatic rings. The molecule has 0 spiro atoms. The predicted molar refractivity (Wildman–Crippen MR) is 97.1 cm³/mol. The molecule has 2 heterocycles. The van der Waals surface area contributed by atoms with Crippen LogP contribution >= 0.6 is 0 Å². The number of hydrogen-bond donors (Lipinski definition) is 1. The van der Waals surface area contributed by atoms with Crippen LogP contribution in [-0.2, 0) is 17.1 Å². The Labute approximate surface area is 170 Å². The van der Waals surface area contributed by atoms with Crippen LogP contribution in [0.4, 0.5) is 37.8 Å². The number of anilines is 2. The smallest absolute Gasteiger partial charge is 0.433 e. The Balaban J connectivity index is 1.89. The lowest BCUT2D eigenvalue weighted by molar-refractivity contribution is -0.145. The Bertz CT molecular complexity index is 1180. The van der Waals surface area contributed by atoms with Gasteiger partial charge in [-0.1, -0.05) is 0 Å². The number of halogens is 6. The Morgan fingerprint density at radius 2 is 1.87 bits per heavy atom. The van der Waals surface area contributed by atoms with Crippen LogP contribution < -0.4 is 10.2 Å². The molecule has 1 N–H and O–H groups in total. The molecule has 12 heteroatoms. The molecule has 0 aliphatic carbocycles. The first kappa shape index (κ1) is 21.9. The average molecular weight is 442 g/mol. The van der Waals surface area contributed by atoms with Crippen molar-refractivity contribution in [1.29, 1.82) is 5.26 Å². The highest BCUT2D eigenvalue weighted by Crippen LogP contribution is 2.38. The number of furan rings is 1. The maximum atomic E-state index is 13.2. The summed E-state index contributed by atoms with van der Waals surface area (Å²) < 4.78 is 83.7. The zero-order chi connectivity index (χ0) is 23.0. The maximum absolute atomic E-state index is 13.2. The van der Waals surface area contributed by atoms with Gasteiger partial charge in [0.1, 0.15) is 28.7 Å². The molecule has 0 fully saturated rings. The number of alkyl halides is 6. The summed E-state index contributed by atoms with van der Waals surface area (Å²) in [5, 5.41) is 11.9. The number of likely N-dealkylation sites (N-methyl/N-ethyl adjacent to an activating group) is 1. The number of nitrogens with one attached hydrogen (secondary N) is 1. The summed E-state index contributed by atoms with van der Waals surface area (Å²) >= 11 is 0. The monoisotopic (exact) mass is 442 g/mol. The van der Waals surface area contributed by atoms with Gasteiger partial charge in [0.25, 0.3) is 0 Å². The van der Waals surface area contributed by atoms with Gasteiger partial charge in [-0.15, -0.1) is 0 Å². The van der Waals surface area contributed by atoms with Crippen LogP contribution in [0.3, 0.4) is 0 Å². The maximum Gasteiger partial charge on any atom is 0.433 e. The largest absolute Gasteiger partial charge is 0.464 e. The molecular weight excluding hydrogens is 430 g/mol. The second-order valence-electron chi connectivity index (χ2n) is 6.34. The molecule has 6 nitrogen and oxygen atoms in total. The molecule has 0 unspecified atom stereocenters. The van der Waals surface area contributed by atoms with E-state index in [1.807, 2.05) is 0 Å². The van der Waals surface area contributed by atoms with Gasteiger partial charge in [-0.2, -0.15) is 31.6 Å². The van der Waals surface area contributed by atoms with E-state index in [0.29, 0.717) is 16.7 Å².